The molecule has 1 heterocycles. The Labute approximate surface area is 238 Å². The number of amides is 1. The van der Waals surface area contributed by atoms with Crippen LogP contribution < -0.4 is 9.73 Å². The fourth-order valence-corrected chi connectivity index (χ4v) is 6.27. The molecule has 0 saturated heterocycles. The van der Waals surface area contributed by atoms with Gasteiger partial charge in [-0.2, -0.15) is 5.10 Å². The van der Waals surface area contributed by atoms with Gasteiger partial charge in [-0.25, -0.2) is 13.8 Å². The lowest BCUT2D eigenvalue weighted by Crippen LogP contribution is -2.40. The summed E-state index contributed by atoms with van der Waals surface area (Å²) >= 11 is 12.6. The molecule has 0 saturated carbocycles. The highest BCUT2D eigenvalue weighted by Gasteiger charge is 2.28. The summed E-state index contributed by atoms with van der Waals surface area (Å²) in [6.07, 6.45) is 1.52. The Bertz CT molecular complexity index is 1670. The predicted octanol–water partition coefficient (Wildman–Crippen LogP) is 6.36. The zero-order valence-corrected chi connectivity index (χ0v) is 24.3. The van der Waals surface area contributed by atoms with Crippen molar-refractivity contribution in [1.82, 2.24) is 9.99 Å². The van der Waals surface area contributed by atoms with Crippen LogP contribution in [0.3, 0.4) is 0 Å². The van der Waals surface area contributed by atoms with Crippen molar-refractivity contribution in [3.05, 3.63) is 111 Å². The average molecular weight is 584 g/mol. The van der Waals surface area contributed by atoms with E-state index < -0.39 is 22.5 Å². The van der Waals surface area contributed by atoms with E-state index in [1.165, 1.54) is 18.3 Å². The highest BCUT2D eigenvalue weighted by atomic mass is 35.5. The number of nitrogens with zero attached hydrogens (tertiary/aromatic N) is 3. The maximum Gasteiger partial charge on any atom is 0.264 e. The Morgan fingerprint density at radius 1 is 0.974 bits per heavy atom. The van der Waals surface area contributed by atoms with Crippen molar-refractivity contribution in [2.45, 2.75) is 32.6 Å². The zero-order valence-electron chi connectivity index (χ0n) is 21.9. The van der Waals surface area contributed by atoms with Crippen molar-refractivity contribution < 1.29 is 13.2 Å². The maximum absolute atomic E-state index is 13.6. The van der Waals surface area contributed by atoms with Crippen molar-refractivity contribution in [1.29, 1.82) is 0 Å². The van der Waals surface area contributed by atoms with E-state index in [1.807, 2.05) is 50.5 Å². The highest BCUT2D eigenvalue weighted by molar-refractivity contribution is 7.92. The lowest BCUT2D eigenvalue weighted by atomic mass is 10.1. The monoisotopic (exact) mass is 582 g/mol. The first kappa shape index (κ1) is 28.4. The van der Waals surface area contributed by atoms with Gasteiger partial charge in [-0.15, -0.1) is 0 Å². The average Bonchev–Trinajstić information content (AvgIpc) is 3.17. The molecule has 0 bridgehead atoms. The van der Waals surface area contributed by atoms with Gasteiger partial charge >= 0.3 is 0 Å². The molecular formula is C29H28Cl2N4O3S. The van der Waals surface area contributed by atoms with Gasteiger partial charge in [0.15, 0.2) is 0 Å². The van der Waals surface area contributed by atoms with Crippen LogP contribution in [-0.4, -0.2) is 31.7 Å². The maximum atomic E-state index is 13.6. The largest absolute Gasteiger partial charge is 0.316 e. The Morgan fingerprint density at radius 3 is 2.38 bits per heavy atom. The minimum atomic E-state index is -4.01. The first-order chi connectivity index (χ1) is 18.5. The summed E-state index contributed by atoms with van der Waals surface area (Å²) in [7, 11) is -4.01. The van der Waals surface area contributed by atoms with Crippen LogP contribution in [0.15, 0.2) is 82.8 Å². The molecule has 39 heavy (non-hydrogen) atoms. The molecule has 3 aromatic carbocycles. The summed E-state index contributed by atoms with van der Waals surface area (Å²) in [4.78, 5) is 13.1. The minimum Gasteiger partial charge on any atom is -0.316 e. The van der Waals surface area contributed by atoms with Gasteiger partial charge in [0.1, 0.15) is 6.54 Å². The van der Waals surface area contributed by atoms with Crippen LogP contribution in [-0.2, 0) is 14.8 Å². The molecular weight excluding hydrogens is 555 g/mol. The van der Waals surface area contributed by atoms with Crippen molar-refractivity contribution in [2.75, 3.05) is 10.8 Å². The van der Waals surface area contributed by atoms with Gasteiger partial charge in [0, 0.05) is 22.0 Å². The Morgan fingerprint density at radius 2 is 1.69 bits per heavy atom. The van der Waals surface area contributed by atoms with Crippen LogP contribution in [0.4, 0.5) is 5.69 Å². The molecule has 1 N–H and O–H groups in total. The van der Waals surface area contributed by atoms with Crippen LogP contribution in [0.2, 0.25) is 10.0 Å². The second-order valence-electron chi connectivity index (χ2n) is 9.17. The number of carbonyl (C=O) groups is 1. The normalized spacial score (nSPS) is 11.6. The predicted molar refractivity (Wildman–Crippen MR) is 158 cm³/mol. The van der Waals surface area contributed by atoms with Gasteiger partial charge in [0.25, 0.3) is 15.9 Å². The summed E-state index contributed by atoms with van der Waals surface area (Å²) in [5, 5.41) is 5.21. The molecule has 0 aliphatic heterocycles. The van der Waals surface area contributed by atoms with Gasteiger partial charge in [0.2, 0.25) is 0 Å². The van der Waals surface area contributed by atoms with Crippen LogP contribution in [0.25, 0.3) is 5.69 Å². The third kappa shape index (κ3) is 6.19. The number of sulfonamides is 1. The fraction of sp³-hybridized carbons (Fsp3) is 0.172. The minimum absolute atomic E-state index is 0.0911. The Hall–Kier alpha value is -3.59. The first-order valence-electron chi connectivity index (χ1n) is 12.1. The molecule has 0 radical (unpaired) electrons. The molecule has 1 aromatic heterocycles. The van der Waals surface area contributed by atoms with Crippen LogP contribution in [0, 0.1) is 27.7 Å². The van der Waals surface area contributed by atoms with Crippen molar-refractivity contribution in [3.63, 3.8) is 0 Å². The fourth-order valence-electron chi connectivity index (χ4n) is 4.39. The SMILES string of the molecule is Cc1ccc(N(CC(=O)N/N=C/c2cc(C)n(-c3cc(Cl)ccc3Cl)c2C)S(=O)(=O)c2ccccc2)c(C)c1. The smallest absolute Gasteiger partial charge is 0.264 e. The zero-order chi connectivity index (χ0) is 28.3. The molecule has 0 fully saturated rings. The van der Waals surface area contributed by atoms with E-state index in [0.717, 1.165) is 38.1 Å². The van der Waals surface area contributed by atoms with E-state index >= 15 is 0 Å². The summed E-state index contributed by atoms with van der Waals surface area (Å²) in [5.74, 6) is -0.586. The lowest BCUT2D eigenvalue weighted by Gasteiger charge is -2.25. The van der Waals surface area contributed by atoms with E-state index in [2.05, 4.69) is 10.5 Å². The number of rotatable bonds is 8. The van der Waals surface area contributed by atoms with Gasteiger partial charge in [-0.3, -0.25) is 9.10 Å². The number of anilines is 1. The van der Waals surface area contributed by atoms with Crippen molar-refractivity contribution in [3.8, 4) is 5.69 Å². The topological polar surface area (TPSA) is 83.8 Å². The quantitative estimate of drug-likeness (QED) is 0.194. The van der Waals surface area contributed by atoms with E-state index in [9.17, 15) is 13.2 Å². The second kappa shape index (κ2) is 11.7. The van der Waals surface area contributed by atoms with Gasteiger partial charge in [0.05, 0.1) is 27.5 Å². The molecule has 0 spiro atoms. The van der Waals surface area contributed by atoms with Gasteiger partial charge in [-0.05, 0) is 75.7 Å². The van der Waals surface area contributed by atoms with E-state index in [0.29, 0.717) is 15.7 Å². The molecule has 10 heteroatoms. The van der Waals surface area contributed by atoms with E-state index in [-0.39, 0.29) is 4.90 Å². The number of aromatic nitrogens is 1. The van der Waals surface area contributed by atoms with Gasteiger partial charge in [-0.1, -0.05) is 59.1 Å². The molecule has 4 aromatic rings. The summed E-state index contributed by atoms with van der Waals surface area (Å²) in [6, 6.07) is 20.6. The van der Waals surface area contributed by atoms with Crippen LogP contribution in [0.1, 0.15) is 28.1 Å². The molecule has 0 aliphatic rings. The third-order valence-corrected chi connectivity index (χ3v) is 8.58. The van der Waals surface area contributed by atoms with E-state index in [1.54, 1.807) is 42.5 Å². The van der Waals surface area contributed by atoms with Gasteiger partial charge < -0.3 is 4.57 Å². The van der Waals surface area contributed by atoms with Crippen molar-refractivity contribution >= 4 is 51.0 Å². The molecule has 0 atom stereocenters. The highest BCUT2D eigenvalue weighted by Crippen LogP contribution is 2.29. The summed E-state index contributed by atoms with van der Waals surface area (Å²) in [6.45, 7) is 7.12. The van der Waals surface area contributed by atoms with Crippen LogP contribution in [0.5, 0.6) is 0 Å². The third-order valence-electron chi connectivity index (χ3n) is 6.25. The molecule has 1 amide bonds. The number of aryl methyl sites for hydroxylation is 3. The second-order valence-corrected chi connectivity index (χ2v) is 11.9. The number of hydrazone groups is 1. The summed E-state index contributed by atoms with van der Waals surface area (Å²) < 4.78 is 30.2. The first-order valence-corrected chi connectivity index (χ1v) is 14.3. The molecule has 0 unspecified atom stereocenters. The van der Waals surface area contributed by atoms with Crippen LogP contribution >= 0.6 is 23.2 Å². The summed E-state index contributed by atoms with van der Waals surface area (Å²) in [5.41, 5.74) is 7.85. The van der Waals surface area contributed by atoms with Crippen molar-refractivity contribution in [2.24, 2.45) is 5.10 Å². The standard InChI is InChI=1S/C29H28Cl2N4O3S/c1-19-10-13-27(20(2)14-19)34(39(37,38)25-8-6-5-7-9-25)18-29(36)33-32-17-23-15-21(3)35(22(23)4)28-16-24(30)11-12-26(28)31/h5-17H,18H2,1-4H3,(H,33,36)/b32-17+. The number of nitrogens with one attached hydrogen (secondary N) is 1. The number of halogens is 2. The number of carbonyl (C=O) groups excluding carboxylic acids is 1. The van der Waals surface area contributed by atoms with E-state index in [4.69, 9.17) is 23.2 Å². The molecule has 0 aliphatic carbocycles. The molecule has 4 rings (SSSR count). The number of benzene rings is 3. The molecule has 7 nitrogen and oxygen atoms in total. The number of hydrogen-bond donors (Lipinski definition) is 1. The Kier molecular flexibility index (Phi) is 8.49. The number of hydrogen-bond acceptors (Lipinski definition) is 4. The molecule has 202 valence electrons. The Balaban J connectivity index is 1.58. The lowest BCUT2D eigenvalue weighted by molar-refractivity contribution is -0.119.